The van der Waals surface area contributed by atoms with E-state index in [2.05, 4.69) is 20.3 Å². The Hall–Kier alpha value is 0.270. The molecule has 0 aromatic heterocycles. The fourth-order valence-corrected chi connectivity index (χ4v) is 2.57. The molecule has 0 saturated carbocycles. The Balaban J connectivity index is 0. The fraction of sp³-hybridized carbons (Fsp3) is 1.00. The highest BCUT2D eigenvalue weighted by Gasteiger charge is 1.98. The largest absolute Gasteiger partial charge is 0.722 e. The van der Waals surface area contributed by atoms with E-state index in [0.717, 1.165) is 0 Å². The number of unbranched alkanes of at least 4 members (excludes halogenated alkanes) is 7. The van der Waals surface area contributed by atoms with E-state index in [-0.39, 0.29) is 7.92 Å². The molecule has 0 atom stereocenters. The quantitative estimate of drug-likeness (QED) is 0.280. The molecule has 18 heavy (non-hydrogen) atoms. The molecule has 0 unspecified atom stereocenters. The average molecular weight is 302 g/mol. The first-order chi connectivity index (χ1) is 8.27. The summed E-state index contributed by atoms with van der Waals surface area (Å²) in [6.45, 7) is 7.13. The summed E-state index contributed by atoms with van der Waals surface area (Å²) in [6, 6.07) is 0. The van der Waals surface area contributed by atoms with Crippen molar-refractivity contribution in [3.63, 3.8) is 0 Å². The van der Waals surface area contributed by atoms with E-state index in [1.54, 1.807) is 0 Å². The monoisotopic (exact) mass is 302 g/mol. The summed E-state index contributed by atoms with van der Waals surface area (Å²) >= 11 is 0. The van der Waals surface area contributed by atoms with Gasteiger partial charge in [0, 0.05) is 13.3 Å². The van der Waals surface area contributed by atoms with Crippen LogP contribution in [0.5, 0.6) is 0 Å². The van der Waals surface area contributed by atoms with E-state index in [0.29, 0.717) is 0 Å². The van der Waals surface area contributed by atoms with Crippen LogP contribution in [-0.4, -0.2) is 32.5 Å². The number of halogens is 1. The topological polar surface area (TPSA) is 57.2 Å². The average Bonchev–Trinajstić information content (AvgIpc) is 2.19. The molecule has 0 saturated heterocycles. The first-order valence-electron chi connectivity index (χ1n) is 6.71. The van der Waals surface area contributed by atoms with E-state index in [1.165, 1.54) is 57.5 Å². The summed E-state index contributed by atoms with van der Waals surface area (Å²) in [6.07, 6.45) is 13.2. The smallest absolute Gasteiger partial charge is 0.255 e. The Labute approximate surface area is 113 Å². The zero-order valence-corrected chi connectivity index (χ0v) is 13.7. The third kappa shape index (κ3) is 36.0. The van der Waals surface area contributed by atoms with Crippen molar-refractivity contribution in [2.75, 3.05) is 19.5 Å². The van der Waals surface area contributed by atoms with Gasteiger partial charge in [0.05, 0.1) is 6.16 Å². The SMILES string of the molecule is CCCCCCCCCC[PH+](C)C.O=S(=O)([O-])F. The summed E-state index contributed by atoms with van der Waals surface area (Å²) < 4.78 is 35.3. The molecule has 0 radical (unpaired) electrons. The van der Waals surface area contributed by atoms with Crippen molar-refractivity contribution >= 4 is 18.4 Å². The van der Waals surface area contributed by atoms with Crippen LogP contribution < -0.4 is 0 Å². The molecule has 0 aliphatic carbocycles. The van der Waals surface area contributed by atoms with Gasteiger partial charge in [-0.05, 0) is 20.8 Å². The molecule has 0 aliphatic rings. The Morgan fingerprint density at radius 1 is 0.944 bits per heavy atom. The van der Waals surface area contributed by atoms with Gasteiger partial charge in [0.2, 0.25) is 0 Å². The lowest BCUT2D eigenvalue weighted by Gasteiger charge is -2.00. The third-order valence-electron chi connectivity index (χ3n) is 2.53. The maximum atomic E-state index is 10.1. The van der Waals surface area contributed by atoms with Crippen molar-refractivity contribution in [2.45, 2.75) is 58.3 Å². The molecule has 0 aromatic carbocycles. The lowest BCUT2D eigenvalue weighted by molar-refractivity contribution is 0.417. The van der Waals surface area contributed by atoms with E-state index < -0.39 is 10.5 Å². The predicted octanol–water partition coefficient (Wildman–Crippen LogP) is 4.02. The molecule has 3 nitrogen and oxygen atoms in total. The van der Waals surface area contributed by atoms with E-state index in [1.807, 2.05) is 0 Å². The van der Waals surface area contributed by atoms with Crippen LogP contribution in [0.4, 0.5) is 3.89 Å². The zero-order chi connectivity index (χ0) is 14.4. The van der Waals surface area contributed by atoms with Crippen molar-refractivity contribution in [3.05, 3.63) is 0 Å². The van der Waals surface area contributed by atoms with Crippen molar-refractivity contribution in [1.29, 1.82) is 0 Å². The van der Waals surface area contributed by atoms with Crippen LogP contribution in [0.2, 0.25) is 0 Å². The molecule has 0 amide bonds. The molecule has 6 heteroatoms. The van der Waals surface area contributed by atoms with Gasteiger partial charge in [-0.2, -0.15) is 0 Å². The zero-order valence-electron chi connectivity index (χ0n) is 11.9. The highest BCUT2D eigenvalue weighted by molar-refractivity contribution is 7.80. The molecule has 112 valence electrons. The highest BCUT2D eigenvalue weighted by atomic mass is 32.3. The second-order valence-corrected chi connectivity index (χ2v) is 8.53. The molecule has 0 heterocycles. The summed E-state index contributed by atoms with van der Waals surface area (Å²) in [5.41, 5.74) is 0. The molecular formula is C12H28FO3PS. The van der Waals surface area contributed by atoms with Gasteiger partial charge in [-0.1, -0.05) is 45.4 Å². The van der Waals surface area contributed by atoms with E-state index in [4.69, 9.17) is 13.0 Å². The first kappa shape index (κ1) is 20.6. The van der Waals surface area contributed by atoms with Crippen LogP contribution >= 0.6 is 7.92 Å². The number of hydrogen-bond donors (Lipinski definition) is 0. The number of hydrogen-bond acceptors (Lipinski definition) is 3. The minimum Gasteiger partial charge on any atom is -0.722 e. The maximum Gasteiger partial charge on any atom is 0.255 e. The molecular weight excluding hydrogens is 274 g/mol. The van der Waals surface area contributed by atoms with Crippen LogP contribution in [0.15, 0.2) is 0 Å². The molecule has 0 bridgehead atoms. The lowest BCUT2D eigenvalue weighted by Crippen LogP contribution is -1.84. The minimum absolute atomic E-state index is 0.0644. The third-order valence-corrected chi connectivity index (χ3v) is 3.88. The van der Waals surface area contributed by atoms with Crippen LogP contribution in [0.1, 0.15) is 58.3 Å². The van der Waals surface area contributed by atoms with Crippen molar-refractivity contribution in [2.24, 2.45) is 0 Å². The molecule has 0 N–H and O–H groups in total. The van der Waals surface area contributed by atoms with Gasteiger partial charge in [0.1, 0.15) is 0 Å². The Morgan fingerprint density at radius 3 is 1.61 bits per heavy atom. The molecule has 0 rings (SSSR count). The van der Waals surface area contributed by atoms with Gasteiger partial charge < -0.3 is 4.55 Å². The normalized spacial score (nSPS) is 11.2. The van der Waals surface area contributed by atoms with E-state index >= 15 is 0 Å². The standard InChI is InChI=1S/C12H27P.FHO3S/c1-4-5-6-7-8-9-10-11-12-13(2)3;1-5(2,3)4/h4-12H2,1-3H3;(H,2,3,4). The second kappa shape index (κ2) is 13.7. The van der Waals surface area contributed by atoms with Crippen LogP contribution in [0.3, 0.4) is 0 Å². The Morgan fingerprint density at radius 2 is 1.28 bits per heavy atom. The van der Waals surface area contributed by atoms with Gasteiger partial charge in [-0.3, -0.25) is 0 Å². The summed E-state index contributed by atoms with van der Waals surface area (Å²) in [7, 11) is -5.35. The van der Waals surface area contributed by atoms with Gasteiger partial charge >= 0.3 is 0 Å². The summed E-state index contributed by atoms with van der Waals surface area (Å²) in [4.78, 5) is 0. The van der Waals surface area contributed by atoms with Gasteiger partial charge in [-0.15, -0.1) is 3.89 Å². The summed E-state index contributed by atoms with van der Waals surface area (Å²) in [5, 5.41) is 0. The van der Waals surface area contributed by atoms with Crippen LogP contribution in [0.25, 0.3) is 0 Å². The Bertz CT molecular complexity index is 248. The van der Waals surface area contributed by atoms with Crippen LogP contribution in [-0.2, 0) is 10.5 Å². The molecule has 0 aromatic rings. The summed E-state index contributed by atoms with van der Waals surface area (Å²) in [5.74, 6) is 0. The first-order valence-corrected chi connectivity index (χ1v) is 10.7. The fourth-order valence-electron chi connectivity index (χ4n) is 1.61. The minimum atomic E-state index is -5.42. The van der Waals surface area contributed by atoms with Crippen molar-refractivity contribution < 1.29 is 16.9 Å². The van der Waals surface area contributed by atoms with Crippen molar-refractivity contribution in [3.8, 4) is 0 Å². The Kier molecular flexibility index (Phi) is 15.7. The maximum absolute atomic E-state index is 10.1. The lowest BCUT2D eigenvalue weighted by atomic mass is 10.1. The van der Waals surface area contributed by atoms with Gasteiger partial charge in [-0.25, -0.2) is 8.42 Å². The molecule has 0 spiro atoms. The molecule has 0 aliphatic heterocycles. The predicted molar refractivity (Wildman–Crippen MR) is 78.4 cm³/mol. The van der Waals surface area contributed by atoms with Crippen LogP contribution in [0, 0.1) is 0 Å². The molecule has 0 fully saturated rings. The second-order valence-electron chi connectivity index (χ2n) is 4.83. The van der Waals surface area contributed by atoms with Gasteiger partial charge in [0.15, 0.2) is 0 Å². The number of rotatable bonds is 9. The van der Waals surface area contributed by atoms with Gasteiger partial charge in [0.25, 0.3) is 10.5 Å². The highest BCUT2D eigenvalue weighted by Crippen LogP contribution is 2.26. The van der Waals surface area contributed by atoms with Crippen molar-refractivity contribution in [1.82, 2.24) is 0 Å². The van der Waals surface area contributed by atoms with E-state index in [9.17, 15) is 3.89 Å².